The fourth-order valence-corrected chi connectivity index (χ4v) is 3.27. The summed E-state index contributed by atoms with van der Waals surface area (Å²) in [5.74, 6) is -0.278. The van der Waals surface area contributed by atoms with Gasteiger partial charge in [0.05, 0.1) is 15.6 Å². The zero-order valence-electron chi connectivity index (χ0n) is 14.9. The van der Waals surface area contributed by atoms with Crippen LogP contribution in [0.25, 0.3) is 0 Å². The number of amides is 1. The first-order chi connectivity index (χ1) is 12.2. The smallest absolute Gasteiger partial charge is 0.224 e. The number of anilines is 1. The summed E-state index contributed by atoms with van der Waals surface area (Å²) in [6.45, 7) is 5.76. The first kappa shape index (κ1) is 20.3. The van der Waals surface area contributed by atoms with Gasteiger partial charge in [0.25, 0.3) is 0 Å². The number of hydrogen-bond acceptors (Lipinski definition) is 3. The third kappa shape index (κ3) is 4.57. The lowest BCUT2D eigenvalue weighted by molar-refractivity contribution is -0.116. The quantitative estimate of drug-likeness (QED) is 0.610. The summed E-state index contributed by atoms with van der Waals surface area (Å²) in [6, 6.07) is 7.69. The number of benzene rings is 2. The minimum Gasteiger partial charge on any atom is -0.508 e. The van der Waals surface area contributed by atoms with Gasteiger partial charge < -0.3 is 10.4 Å². The molecule has 0 saturated heterocycles. The molecule has 0 bridgehead atoms. The molecule has 0 radical (unpaired) electrons. The number of nitrogens with one attached hydrogen (secondary N) is 1. The summed E-state index contributed by atoms with van der Waals surface area (Å²) < 4.78 is 0. The van der Waals surface area contributed by atoms with E-state index in [9.17, 15) is 14.7 Å². The molecule has 2 aromatic rings. The van der Waals surface area contributed by atoms with Crippen molar-refractivity contribution in [3.63, 3.8) is 0 Å². The topological polar surface area (TPSA) is 66.4 Å². The molecule has 0 aliphatic carbocycles. The summed E-state index contributed by atoms with van der Waals surface area (Å²) in [5.41, 5.74) is 1.68. The molecule has 2 N–H and O–H groups in total. The van der Waals surface area contributed by atoms with E-state index in [0.717, 1.165) is 6.42 Å². The summed E-state index contributed by atoms with van der Waals surface area (Å²) >= 11 is 12.5. The maximum absolute atomic E-state index is 12.9. The molecule has 4 nitrogen and oxygen atoms in total. The molecule has 2 rings (SSSR count). The fraction of sp³-hybridized carbons (Fsp3) is 0.300. The number of phenols is 1. The van der Waals surface area contributed by atoms with E-state index >= 15 is 0 Å². The van der Waals surface area contributed by atoms with Crippen molar-refractivity contribution in [1.82, 2.24) is 0 Å². The molecule has 26 heavy (non-hydrogen) atoms. The SMILES string of the molecule is CCCC(=O)Nc1cc(Cl)c(C(=O)c2ccc(O)c(C(C)C)c2)c(Cl)c1. The van der Waals surface area contributed by atoms with Gasteiger partial charge in [-0.15, -0.1) is 0 Å². The van der Waals surface area contributed by atoms with Gasteiger partial charge in [-0.2, -0.15) is 0 Å². The van der Waals surface area contributed by atoms with Gasteiger partial charge in [-0.05, 0) is 48.2 Å². The molecular weight excluding hydrogens is 373 g/mol. The second kappa shape index (κ2) is 8.56. The van der Waals surface area contributed by atoms with Gasteiger partial charge in [0.15, 0.2) is 5.78 Å². The monoisotopic (exact) mass is 393 g/mol. The van der Waals surface area contributed by atoms with Crippen LogP contribution in [0.1, 0.15) is 61.0 Å². The van der Waals surface area contributed by atoms with Crippen LogP contribution in [0, 0.1) is 0 Å². The maximum atomic E-state index is 12.9. The Balaban J connectivity index is 2.38. The van der Waals surface area contributed by atoms with Crippen molar-refractivity contribution in [3.8, 4) is 5.75 Å². The number of hydrogen-bond donors (Lipinski definition) is 2. The van der Waals surface area contributed by atoms with E-state index in [1.165, 1.54) is 24.3 Å². The molecule has 1 amide bonds. The van der Waals surface area contributed by atoms with Crippen LogP contribution in [0.2, 0.25) is 10.0 Å². The number of carbonyl (C=O) groups is 2. The van der Waals surface area contributed by atoms with Gasteiger partial charge in [-0.1, -0.05) is 44.0 Å². The molecule has 0 aromatic heterocycles. The van der Waals surface area contributed by atoms with Crippen molar-refractivity contribution in [2.24, 2.45) is 0 Å². The Morgan fingerprint density at radius 2 is 1.73 bits per heavy atom. The van der Waals surface area contributed by atoms with Crippen LogP contribution in [0.15, 0.2) is 30.3 Å². The second-order valence-electron chi connectivity index (χ2n) is 6.37. The average Bonchev–Trinajstić information content (AvgIpc) is 2.54. The molecule has 0 atom stereocenters. The van der Waals surface area contributed by atoms with Crippen molar-refractivity contribution in [3.05, 3.63) is 57.1 Å². The van der Waals surface area contributed by atoms with Crippen molar-refractivity contribution in [2.45, 2.75) is 39.5 Å². The number of ketones is 1. The Morgan fingerprint density at radius 1 is 1.12 bits per heavy atom. The van der Waals surface area contributed by atoms with Gasteiger partial charge >= 0.3 is 0 Å². The molecule has 0 heterocycles. The Morgan fingerprint density at radius 3 is 2.27 bits per heavy atom. The molecule has 138 valence electrons. The number of halogens is 2. The van der Waals surface area contributed by atoms with Crippen LogP contribution in [-0.4, -0.2) is 16.8 Å². The predicted octanol–water partition coefficient (Wildman–Crippen LogP) is 5.79. The van der Waals surface area contributed by atoms with Crippen molar-refractivity contribution in [1.29, 1.82) is 0 Å². The zero-order chi connectivity index (χ0) is 19.4. The first-order valence-electron chi connectivity index (χ1n) is 8.41. The van der Waals surface area contributed by atoms with Crippen LogP contribution in [-0.2, 0) is 4.79 Å². The molecule has 0 spiro atoms. The summed E-state index contributed by atoms with van der Waals surface area (Å²) in [5, 5.41) is 13.0. The van der Waals surface area contributed by atoms with E-state index < -0.39 is 0 Å². The maximum Gasteiger partial charge on any atom is 0.224 e. The lowest BCUT2D eigenvalue weighted by Gasteiger charge is -2.13. The Hall–Kier alpha value is -2.04. The van der Waals surface area contributed by atoms with E-state index in [1.54, 1.807) is 6.07 Å². The highest BCUT2D eigenvalue weighted by Gasteiger charge is 2.20. The van der Waals surface area contributed by atoms with Crippen LogP contribution in [0.5, 0.6) is 5.75 Å². The van der Waals surface area contributed by atoms with Crippen LogP contribution in [0.3, 0.4) is 0 Å². The van der Waals surface area contributed by atoms with Gasteiger partial charge in [0, 0.05) is 17.7 Å². The van der Waals surface area contributed by atoms with Gasteiger partial charge in [0.1, 0.15) is 5.75 Å². The van der Waals surface area contributed by atoms with E-state index in [4.69, 9.17) is 23.2 Å². The second-order valence-corrected chi connectivity index (χ2v) is 7.18. The minimum atomic E-state index is -0.340. The summed E-state index contributed by atoms with van der Waals surface area (Å²) in [4.78, 5) is 24.6. The molecule has 0 aliphatic rings. The molecular formula is C20H21Cl2NO3. The van der Waals surface area contributed by atoms with Gasteiger partial charge in [-0.25, -0.2) is 0 Å². The summed E-state index contributed by atoms with van der Waals surface area (Å²) in [6.07, 6.45) is 1.12. The number of rotatable bonds is 6. The van der Waals surface area contributed by atoms with Gasteiger partial charge in [-0.3, -0.25) is 9.59 Å². The van der Waals surface area contributed by atoms with E-state index in [-0.39, 0.29) is 39.0 Å². The number of aromatic hydroxyl groups is 1. The van der Waals surface area contributed by atoms with Crippen molar-refractivity contribution in [2.75, 3.05) is 5.32 Å². The van der Waals surface area contributed by atoms with E-state index in [1.807, 2.05) is 20.8 Å². The molecule has 0 unspecified atom stereocenters. The third-order valence-electron chi connectivity index (χ3n) is 3.94. The fourth-order valence-electron chi connectivity index (χ4n) is 2.62. The molecule has 2 aromatic carbocycles. The Bertz CT molecular complexity index is 824. The van der Waals surface area contributed by atoms with Crippen molar-refractivity contribution < 1.29 is 14.7 Å². The molecule has 0 saturated carbocycles. The lowest BCUT2D eigenvalue weighted by Crippen LogP contribution is -2.11. The Kier molecular flexibility index (Phi) is 6.68. The highest BCUT2D eigenvalue weighted by molar-refractivity contribution is 6.41. The third-order valence-corrected chi connectivity index (χ3v) is 4.54. The van der Waals surface area contributed by atoms with Crippen LogP contribution in [0.4, 0.5) is 5.69 Å². The number of carbonyl (C=O) groups excluding carboxylic acids is 2. The van der Waals surface area contributed by atoms with Crippen LogP contribution >= 0.6 is 23.2 Å². The highest BCUT2D eigenvalue weighted by atomic mass is 35.5. The predicted molar refractivity (Wildman–Crippen MR) is 106 cm³/mol. The lowest BCUT2D eigenvalue weighted by atomic mass is 9.95. The average molecular weight is 394 g/mol. The highest BCUT2D eigenvalue weighted by Crippen LogP contribution is 2.33. The normalized spacial score (nSPS) is 10.8. The van der Waals surface area contributed by atoms with E-state index in [0.29, 0.717) is 23.2 Å². The largest absolute Gasteiger partial charge is 0.508 e. The minimum absolute atomic E-state index is 0.0600. The molecule has 6 heteroatoms. The van der Waals surface area contributed by atoms with Crippen LogP contribution < -0.4 is 5.32 Å². The zero-order valence-corrected chi connectivity index (χ0v) is 16.4. The van der Waals surface area contributed by atoms with E-state index in [2.05, 4.69) is 5.32 Å². The first-order valence-corrected chi connectivity index (χ1v) is 9.16. The summed E-state index contributed by atoms with van der Waals surface area (Å²) in [7, 11) is 0. The standard InChI is InChI=1S/C20H21Cl2NO3/c1-4-5-18(25)23-13-9-15(21)19(16(22)10-13)20(26)12-6-7-17(24)14(8-12)11(2)3/h6-11,24H,4-5H2,1-3H3,(H,23,25). The molecule has 0 fully saturated rings. The number of phenolic OH excluding ortho intramolecular Hbond substituents is 1. The molecule has 0 aliphatic heterocycles. The van der Waals surface area contributed by atoms with Gasteiger partial charge in [0.2, 0.25) is 5.91 Å². The van der Waals surface area contributed by atoms with Crippen molar-refractivity contribution >= 4 is 40.6 Å². The Labute approximate surface area is 163 Å².